The maximum atomic E-state index is 12.9. The van der Waals surface area contributed by atoms with E-state index in [1.165, 1.54) is 17.0 Å². The van der Waals surface area contributed by atoms with E-state index in [4.69, 9.17) is 13.9 Å². The topological polar surface area (TPSA) is 95.6 Å². The van der Waals surface area contributed by atoms with Crippen LogP contribution in [-0.4, -0.2) is 36.5 Å². The van der Waals surface area contributed by atoms with Crippen LogP contribution in [-0.2, 0) is 16.8 Å². The maximum Gasteiger partial charge on any atom is 0.267 e. The Labute approximate surface area is 174 Å². The molecule has 0 unspecified atom stereocenters. The molecule has 0 saturated carbocycles. The summed E-state index contributed by atoms with van der Waals surface area (Å²) in [5.74, 6) is 1.49. The van der Waals surface area contributed by atoms with Gasteiger partial charge in [0, 0.05) is 12.6 Å². The highest BCUT2D eigenvalue weighted by atomic mass is 16.5. The van der Waals surface area contributed by atoms with Crippen molar-refractivity contribution in [1.82, 2.24) is 15.1 Å². The summed E-state index contributed by atoms with van der Waals surface area (Å²) >= 11 is 0. The first-order chi connectivity index (χ1) is 14.4. The Balaban J connectivity index is 1.71. The zero-order valence-corrected chi connectivity index (χ0v) is 17.5. The predicted molar refractivity (Wildman–Crippen MR) is 112 cm³/mol. The number of nitrogens with zero attached hydrogens (tertiary/aromatic N) is 2. The van der Waals surface area contributed by atoms with Crippen molar-refractivity contribution in [3.8, 4) is 23.0 Å². The molecule has 30 heavy (non-hydrogen) atoms. The molecule has 2 heterocycles. The molecule has 1 aromatic carbocycles. The van der Waals surface area contributed by atoms with Crippen LogP contribution in [0.3, 0.4) is 0 Å². The molecule has 1 amide bonds. The van der Waals surface area contributed by atoms with E-state index in [0.29, 0.717) is 35.9 Å². The molecule has 0 aliphatic carbocycles. The number of carbonyl (C=O) groups is 1. The summed E-state index contributed by atoms with van der Waals surface area (Å²) in [6.07, 6.45) is 2.12. The molecule has 0 bridgehead atoms. The molecule has 0 radical (unpaired) electrons. The van der Waals surface area contributed by atoms with E-state index in [1.54, 1.807) is 46.3 Å². The second-order valence-electron chi connectivity index (χ2n) is 7.20. The molecular weight excluding hydrogens is 386 g/mol. The number of amides is 1. The first-order valence-electron chi connectivity index (χ1n) is 9.50. The second-order valence-corrected chi connectivity index (χ2v) is 7.20. The van der Waals surface area contributed by atoms with Crippen LogP contribution in [0, 0.1) is 0 Å². The third-order valence-electron chi connectivity index (χ3n) is 4.81. The van der Waals surface area contributed by atoms with Crippen LogP contribution in [0.4, 0.5) is 0 Å². The Hall–Kier alpha value is -3.55. The van der Waals surface area contributed by atoms with E-state index in [0.717, 1.165) is 5.56 Å². The zero-order valence-electron chi connectivity index (χ0n) is 17.5. The summed E-state index contributed by atoms with van der Waals surface area (Å²) in [4.78, 5) is 25.2. The van der Waals surface area contributed by atoms with Gasteiger partial charge in [-0.25, -0.2) is 4.68 Å². The molecule has 0 atom stereocenters. The number of hydrogen-bond donors (Lipinski definition) is 1. The van der Waals surface area contributed by atoms with Gasteiger partial charge in [0.1, 0.15) is 11.2 Å². The minimum absolute atomic E-state index is 0.311. The van der Waals surface area contributed by atoms with Crippen molar-refractivity contribution in [3.05, 3.63) is 64.6 Å². The van der Waals surface area contributed by atoms with E-state index in [9.17, 15) is 9.59 Å². The van der Waals surface area contributed by atoms with Crippen molar-refractivity contribution in [2.45, 2.75) is 25.8 Å². The molecule has 0 aliphatic rings. The standard InChI is InChI=1S/C22H25N3O5/c1-22(2,25-20(26)10-8-16(24-25)17-6-5-13-30-17)21(27)23-12-11-15-7-9-18(28-3)19(14-15)29-4/h5-10,13-14H,11-12H2,1-4H3,(H,23,27). The Bertz CT molecular complexity index is 1070. The van der Waals surface area contributed by atoms with Crippen LogP contribution >= 0.6 is 0 Å². The molecule has 0 aliphatic heterocycles. The van der Waals surface area contributed by atoms with E-state index in [-0.39, 0.29) is 11.5 Å². The molecule has 0 fully saturated rings. The quantitative estimate of drug-likeness (QED) is 0.612. The van der Waals surface area contributed by atoms with Crippen molar-refractivity contribution in [2.24, 2.45) is 0 Å². The van der Waals surface area contributed by atoms with Gasteiger partial charge in [-0.15, -0.1) is 0 Å². The molecule has 2 aromatic heterocycles. The van der Waals surface area contributed by atoms with Crippen molar-refractivity contribution in [2.75, 3.05) is 20.8 Å². The fourth-order valence-electron chi connectivity index (χ4n) is 3.04. The number of nitrogens with one attached hydrogen (secondary N) is 1. The minimum Gasteiger partial charge on any atom is -0.493 e. The Morgan fingerprint density at radius 1 is 1.13 bits per heavy atom. The van der Waals surface area contributed by atoms with Crippen LogP contribution < -0.4 is 20.3 Å². The number of ether oxygens (including phenoxy) is 2. The average Bonchev–Trinajstić information content (AvgIpc) is 3.28. The highest BCUT2D eigenvalue weighted by molar-refractivity contribution is 5.83. The summed E-state index contributed by atoms with van der Waals surface area (Å²) < 4.78 is 17.1. The van der Waals surface area contributed by atoms with Gasteiger partial charge in [-0.3, -0.25) is 9.59 Å². The summed E-state index contributed by atoms with van der Waals surface area (Å²) in [5, 5.41) is 7.22. The molecule has 3 rings (SSSR count). The molecule has 8 nitrogen and oxygen atoms in total. The van der Waals surface area contributed by atoms with Crippen molar-refractivity contribution in [1.29, 1.82) is 0 Å². The van der Waals surface area contributed by atoms with Crippen LogP contribution in [0.2, 0.25) is 0 Å². The first-order valence-corrected chi connectivity index (χ1v) is 9.50. The third kappa shape index (κ3) is 4.37. The number of hydrogen-bond acceptors (Lipinski definition) is 6. The van der Waals surface area contributed by atoms with Crippen LogP contribution in [0.25, 0.3) is 11.5 Å². The van der Waals surface area contributed by atoms with Gasteiger partial charge in [0.25, 0.3) is 5.56 Å². The van der Waals surface area contributed by atoms with Crippen molar-refractivity contribution >= 4 is 5.91 Å². The van der Waals surface area contributed by atoms with E-state index in [1.807, 2.05) is 18.2 Å². The number of furan rings is 1. The smallest absolute Gasteiger partial charge is 0.267 e. The fourth-order valence-corrected chi connectivity index (χ4v) is 3.04. The molecule has 0 spiro atoms. The summed E-state index contributed by atoms with van der Waals surface area (Å²) in [6, 6.07) is 12.0. The minimum atomic E-state index is -1.18. The average molecular weight is 411 g/mol. The van der Waals surface area contributed by atoms with E-state index in [2.05, 4.69) is 10.4 Å². The summed E-state index contributed by atoms with van der Waals surface area (Å²) in [5.41, 5.74) is -0.0888. The fraction of sp³-hybridized carbons (Fsp3) is 0.318. The number of aromatic nitrogens is 2. The lowest BCUT2D eigenvalue weighted by Crippen LogP contribution is -2.50. The van der Waals surface area contributed by atoms with Gasteiger partial charge >= 0.3 is 0 Å². The molecule has 3 aromatic rings. The Kier molecular flexibility index (Phi) is 6.25. The molecule has 8 heteroatoms. The van der Waals surface area contributed by atoms with Gasteiger partial charge in [-0.2, -0.15) is 5.10 Å². The van der Waals surface area contributed by atoms with Crippen molar-refractivity contribution in [3.63, 3.8) is 0 Å². The van der Waals surface area contributed by atoms with Crippen LogP contribution in [0.1, 0.15) is 19.4 Å². The highest BCUT2D eigenvalue weighted by Gasteiger charge is 2.32. The maximum absolute atomic E-state index is 12.9. The van der Waals surface area contributed by atoms with Gasteiger partial charge < -0.3 is 19.2 Å². The SMILES string of the molecule is COc1ccc(CCNC(=O)C(C)(C)n2nc(-c3ccco3)ccc2=O)cc1OC. The van der Waals surface area contributed by atoms with Gasteiger partial charge in [0.05, 0.1) is 20.5 Å². The van der Waals surface area contributed by atoms with E-state index >= 15 is 0 Å². The van der Waals surface area contributed by atoms with Gasteiger partial charge in [0.15, 0.2) is 17.3 Å². The molecule has 0 saturated heterocycles. The first kappa shape index (κ1) is 21.2. The molecule has 158 valence electrons. The Morgan fingerprint density at radius 3 is 2.57 bits per heavy atom. The molecule has 1 N–H and O–H groups in total. The number of rotatable bonds is 8. The van der Waals surface area contributed by atoms with Crippen LogP contribution in [0.15, 0.2) is 57.9 Å². The summed E-state index contributed by atoms with van der Waals surface area (Å²) in [7, 11) is 3.16. The number of benzene rings is 1. The predicted octanol–water partition coefficient (Wildman–Crippen LogP) is 2.61. The third-order valence-corrected chi connectivity index (χ3v) is 4.81. The largest absolute Gasteiger partial charge is 0.493 e. The monoisotopic (exact) mass is 411 g/mol. The normalized spacial score (nSPS) is 11.2. The lowest BCUT2D eigenvalue weighted by Gasteiger charge is -2.25. The van der Waals surface area contributed by atoms with Crippen LogP contribution in [0.5, 0.6) is 11.5 Å². The van der Waals surface area contributed by atoms with Crippen molar-refractivity contribution < 1.29 is 18.7 Å². The highest BCUT2D eigenvalue weighted by Crippen LogP contribution is 2.27. The van der Waals surface area contributed by atoms with Gasteiger partial charge in [-0.1, -0.05) is 6.07 Å². The zero-order chi connectivity index (χ0) is 21.7. The second kappa shape index (κ2) is 8.86. The summed E-state index contributed by atoms with van der Waals surface area (Å²) in [6.45, 7) is 3.70. The molecular formula is C22H25N3O5. The van der Waals surface area contributed by atoms with E-state index < -0.39 is 5.54 Å². The number of methoxy groups -OCH3 is 2. The lowest BCUT2D eigenvalue weighted by atomic mass is 10.0. The lowest BCUT2D eigenvalue weighted by molar-refractivity contribution is -0.128. The van der Waals surface area contributed by atoms with Gasteiger partial charge in [0.2, 0.25) is 5.91 Å². The number of carbonyl (C=O) groups excluding carboxylic acids is 1. The van der Waals surface area contributed by atoms with Gasteiger partial charge in [-0.05, 0) is 56.2 Å². The Morgan fingerprint density at radius 2 is 1.90 bits per heavy atom.